The number of unbranched alkanes of at least 4 members (excludes halogenated alkanes) is 3. The maximum absolute atomic E-state index is 13.6. The second-order valence-electron chi connectivity index (χ2n) is 7.00. The van der Waals surface area contributed by atoms with Crippen molar-refractivity contribution in [2.24, 2.45) is 0 Å². The summed E-state index contributed by atoms with van der Waals surface area (Å²) in [6, 6.07) is 0. The van der Waals surface area contributed by atoms with Crippen LogP contribution in [0.25, 0.3) is 0 Å². The standard InChI is InChI=1S/C7H11F3O3P.3C4H9.Sn/c1-3-12-14(11,13-4-2)6-5-7(8,9)10;3*1-3-4-2;/h5H,3-4H2,1-2H3;3*1,3-4H2,2H3;. The summed E-state index contributed by atoms with van der Waals surface area (Å²) in [5, 5.41) is 0. The Morgan fingerprint density at radius 3 is 1.48 bits per heavy atom. The molecule has 162 valence electrons. The van der Waals surface area contributed by atoms with Crippen LogP contribution >= 0.6 is 7.60 Å². The summed E-state index contributed by atoms with van der Waals surface area (Å²) in [5.74, 6) is 0. The third-order valence-corrected chi connectivity index (χ3v) is 26.9. The van der Waals surface area contributed by atoms with Crippen LogP contribution < -0.4 is 0 Å². The van der Waals surface area contributed by atoms with Gasteiger partial charge >= 0.3 is 168 Å². The Morgan fingerprint density at radius 2 is 1.22 bits per heavy atom. The molecule has 0 aliphatic carbocycles. The third-order valence-electron chi connectivity index (χ3n) is 4.76. The van der Waals surface area contributed by atoms with Crippen molar-refractivity contribution in [1.82, 2.24) is 0 Å². The molecule has 3 nitrogen and oxygen atoms in total. The van der Waals surface area contributed by atoms with E-state index in [1.807, 2.05) is 20.8 Å². The molecule has 0 aliphatic heterocycles. The van der Waals surface area contributed by atoms with Crippen LogP contribution in [0.15, 0.2) is 9.41 Å². The second kappa shape index (κ2) is 13.7. The predicted octanol–water partition coefficient (Wildman–Crippen LogP) is 8.09. The van der Waals surface area contributed by atoms with Gasteiger partial charge in [0, 0.05) is 0 Å². The van der Waals surface area contributed by atoms with Crippen molar-refractivity contribution in [3.8, 4) is 0 Å². The first-order chi connectivity index (χ1) is 12.6. The van der Waals surface area contributed by atoms with Crippen LogP contribution in [0.3, 0.4) is 0 Å². The SMILES string of the molecule is CCC[CH2][Sn]([CH2]CCC)([CH2]CCC)/[C](=C\C(F)(F)F)P(=O)(OCC)OCC. The monoisotopic (exact) mass is 522 g/mol. The minimum absolute atomic E-state index is 0.0448. The molecule has 8 heteroatoms. The van der Waals surface area contributed by atoms with Gasteiger partial charge in [0.05, 0.1) is 0 Å². The van der Waals surface area contributed by atoms with E-state index in [0.717, 1.165) is 51.8 Å². The number of allylic oxidation sites excluding steroid dienone is 1. The summed E-state index contributed by atoms with van der Waals surface area (Å²) in [4.78, 5) is 0. The molecule has 0 radical (unpaired) electrons. The van der Waals surface area contributed by atoms with E-state index in [0.29, 0.717) is 6.08 Å². The molecule has 0 aromatic rings. The van der Waals surface area contributed by atoms with Gasteiger partial charge in [0.25, 0.3) is 0 Å². The molecule has 0 bridgehead atoms. The van der Waals surface area contributed by atoms with Crippen molar-refractivity contribution >= 4 is 26.0 Å². The Bertz CT molecular complexity index is 450. The minimum atomic E-state index is -4.52. The molecule has 0 atom stereocenters. The number of hydrogen-bond donors (Lipinski definition) is 0. The van der Waals surface area contributed by atoms with E-state index in [4.69, 9.17) is 9.05 Å². The van der Waals surface area contributed by atoms with Gasteiger partial charge < -0.3 is 0 Å². The molecule has 0 spiro atoms. The zero-order valence-electron chi connectivity index (χ0n) is 17.7. The summed E-state index contributed by atoms with van der Waals surface area (Å²) in [5.41, 5.74) is 0. The Hall–Kier alpha value is 0.479. The third kappa shape index (κ3) is 9.68. The number of hydrogen-bond acceptors (Lipinski definition) is 3. The molecule has 0 N–H and O–H groups in total. The molecule has 0 fully saturated rings. The molecule has 0 aliphatic rings. The van der Waals surface area contributed by atoms with Gasteiger partial charge in [-0.1, -0.05) is 0 Å². The van der Waals surface area contributed by atoms with E-state index in [-0.39, 0.29) is 16.5 Å². The average Bonchev–Trinajstić information content (AvgIpc) is 2.59. The molecule has 0 saturated heterocycles. The average molecular weight is 521 g/mol. The van der Waals surface area contributed by atoms with Crippen LogP contribution in [-0.2, 0) is 13.6 Å². The summed E-state index contributed by atoms with van der Waals surface area (Å²) >= 11 is -3.64. The van der Waals surface area contributed by atoms with E-state index in [9.17, 15) is 17.7 Å². The number of rotatable bonds is 15. The number of halogens is 3. The first-order valence-electron chi connectivity index (χ1n) is 10.3. The van der Waals surface area contributed by atoms with Gasteiger partial charge in [0.2, 0.25) is 0 Å². The van der Waals surface area contributed by atoms with E-state index in [2.05, 4.69) is 0 Å². The van der Waals surface area contributed by atoms with Crippen LogP contribution in [0.4, 0.5) is 13.2 Å². The van der Waals surface area contributed by atoms with E-state index < -0.39 is 32.1 Å². The predicted molar refractivity (Wildman–Crippen MR) is 110 cm³/mol. The van der Waals surface area contributed by atoms with Crippen molar-refractivity contribution in [2.75, 3.05) is 13.2 Å². The maximum atomic E-state index is 13.6. The van der Waals surface area contributed by atoms with E-state index >= 15 is 0 Å². The zero-order chi connectivity index (χ0) is 21.0. The zero-order valence-corrected chi connectivity index (χ0v) is 21.4. The Kier molecular flexibility index (Phi) is 13.9. The van der Waals surface area contributed by atoms with Gasteiger partial charge in [0.15, 0.2) is 0 Å². The van der Waals surface area contributed by atoms with Crippen molar-refractivity contribution in [1.29, 1.82) is 0 Å². The molecular formula is C19H38F3O3PSn. The van der Waals surface area contributed by atoms with Gasteiger partial charge in [-0.15, -0.1) is 0 Å². The van der Waals surface area contributed by atoms with E-state index in [1.54, 1.807) is 13.8 Å². The molecule has 0 aromatic carbocycles. The van der Waals surface area contributed by atoms with Crippen molar-refractivity contribution in [3.05, 3.63) is 9.41 Å². The summed E-state index contributed by atoms with van der Waals surface area (Å²) in [6.45, 7) is 9.60. The summed E-state index contributed by atoms with van der Waals surface area (Å²) < 4.78 is 67.4. The molecule has 27 heavy (non-hydrogen) atoms. The topological polar surface area (TPSA) is 35.5 Å². The van der Waals surface area contributed by atoms with Crippen molar-refractivity contribution in [3.63, 3.8) is 0 Å². The van der Waals surface area contributed by atoms with Crippen LogP contribution in [0.5, 0.6) is 0 Å². The van der Waals surface area contributed by atoms with Gasteiger partial charge in [-0.2, -0.15) is 0 Å². The van der Waals surface area contributed by atoms with Gasteiger partial charge in [-0.3, -0.25) is 0 Å². The fraction of sp³-hybridized carbons (Fsp3) is 0.895. The fourth-order valence-electron chi connectivity index (χ4n) is 3.50. The molecular weight excluding hydrogens is 483 g/mol. The van der Waals surface area contributed by atoms with Crippen LogP contribution in [0.2, 0.25) is 13.3 Å². The Balaban J connectivity index is 6.51. The summed E-state index contributed by atoms with van der Waals surface area (Å²) in [6.07, 6.45) is 1.17. The van der Waals surface area contributed by atoms with Gasteiger partial charge in [-0.25, -0.2) is 0 Å². The molecule has 0 unspecified atom stereocenters. The second-order valence-corrected chi connectivity index (χ2v) is 23.3. The number of alkyl halides is 3. The molecule has 0 saturated carbocycles. The van der Waals surface area contributed by atoms with Crippen LogP contribution in [0, 0.1) is 0 Å². The van der Waals surface area contributed by atoms with Gasteiger partial charge in [-0.05, 0) is 0 Å². The molecule has 0 aromatic heterocycles. The summed E-state index contributed by atoms with van der Waals surface area (Å²) in [7, 11) is -3.93. The normalized spacial score (nSPS) is 14.0. The molecule has 0 amide bonds. The fourth-order valence-corrected chi connectivity index (χ4v) is 28.2. The quantitative estimate of drug-likeness (QED) is 0.162. The first-order valence-corrected chi connectivity index (χ1v) is 19.4. The van der Waals surface area contributed by atoms with Gasteiger partial charge in [0.1, 0.15) is 0 Å². The van der Waals surface area contributed by atoms with E-state index in [1.165, 1.54) is 0 Å². The molecule has 0 heterocycles. The van der Waals surface area contributed by atoms with Crippen molar-refractivity contribution < 1.29 is 26.8 Å². The van der Waals surface area contributed by atoms with Crippen LogP contribution in [0.1, 0.15) is 73.1 Å². The molecule has 0 rings (SSSR count). The Labute approximate surface area is 167 Å². The first kappa shape index (κ1) is 27.5. The van der Waals surface area contributed by atoms with Crippen LogP contribution in [-0.4, -0.2) is 37.8 Å². The Morgan fingerprint density at radius 1 is 0.852 bits per heavy atom. The van der Waals surface area contributed by atoms with Crippen molar-refractivity contribution in [2.45, 2.75) is 92.6 Å².